The molecular weight excluding hydrogens is 396 g/mol. The summed E-state index contributed by atoms with van der Waals surface area (Å²) in [6, 6.07) is 17.5. The van der Waals surface area contributed by atoms with Gasteiger partial charge in [0, 0.05) is 0 Å². The highest BCUT2D eigenvalue weighted by Crippen LogP contribution is 2.24. The number of amides is 2. The van der Waals surface area contributed by atoms with E-state index in [1.165, 1.54) is 6.26 Å². The molecule has 31 heavy (non-hydrogen) atoms. The molecule has 158 valence electrons. The third-order valence-corrected chi connectivity index (χ3v) is 4.85. The molecule has 2 amide bonds. The maximum Gasteiger partial charge on any atom is 0.287 e. The Morgan fingerprint density at radius 3 is 2.65 bits per heavy atom. The number of anilines is 1. The van der Waals surface area contributed by atoms with Crippen LogP contribution in [0.15, 0.2) is 71.3 Å². The zero-order chi connectivity index (χ0) is 21.8. The van der Waals surface area contributed by atoms with Gasteiger partial charge in [-0.1, -0.05) is 24.3 Å². The fourth-order valence-corrected chi connectivity index (χ4v) is 3.41. The molecule has 4 aromatic rings. The van der Waals surface area contributed by atoms with Crippen LogP contribution in [0.4, 0.5) is 5.69 Å². The quantitative estimate of drug-likeness (QED) is 0.476. The number of para-hydroxylation sites is 4. The van der Waals surface area contributed by atoms with Crippen LogP contribution in [0.2, 0.25) is 0 Å². The zero-order valence-corrected chi connectivity index (χ0v) is 17.2. The van der Waals surface area contributed by atoms with Gasteiger partial charge in [-0.25, -0.2) is 4.98 Å². The lowest BCUT2D eigenvalue weighted by atomic mass is 10.2. The smallest absolute Gasteiger partial charge is 0.287 e. The molecule has 8 heteroatoms. The van der Waals surface area contributed by atoms with Crippen molar-refractivity contribution in [3.63, 3.8) is 0 Å². The van der Waals surface area contributed by atoms with Gasteiger partial charge in [-0.05, 0) is 43.3 Å². The summed E-state index contributed by atoms with van der Waals surface area (Å²) < 4.78 is 12.3. The number of fused-ring (bicyclic) bond motifs is 1. The van der Waals surface area contributed by atoms with E-state index in [-0.39, 0.29) is 24.1 Å². The van der Waals surface area contributed by atoms with Crippen LogP contribution >= 0.6 is 0 Å². The van der Waals surface area contributed by atoms with Gasteiger partial charge in [-0.3, -0.25) is 9.59 Å². The molecule has 0 saturated heterocycles. The molecule has 1 unspecified atom stereocenters. The molecule has 1 atom stereocenters. The van der Waals surface area contributed by atoms with Gasteiger partial charge in [0.1, 0.15) is 18.1 Å². The Kier molecular flexibility index (Phi) is 5.70. The van der Waals surface area contributed by atoms with Gasteiger partial charge in [-0.15, -0.1) is 0 Å². The highest BCUT2D eigenvalue weighted by atomic mass is 16.5. The summed E-state index contributed by atoms with van der Waals surface area (Å²) >= 11 is 0. The first-order chi connectivity index (χ1) is 15.1. The van der Waals surface area contributed by atoms with Crippen molar-refractivity contribution in [3.8, 4) is 5.75 Å². The molecule has 0 fully saturated rings. The minimum absolute atomic E-state index is 0.0227. The molecule has 2 heterocycles. The van der Waals surface area contributed by atoms with E-state index in [1.807, 2.05) is 43.3 Å². The molecule has 2 aromatic heterocycles. The van der Waals surface area contributed by atoms with Crippen molar-refractivity contribution in [2.45, 2.75) is 19.5 Å². The molecule has 0 radical (unpaired) electrons. The van der Waals surface area contributed by atoms with Crippen molar-refractivity contribution in [3.05, 3.63) is 78.5 Å². The number of imidazole rings is 1. The standard InChI is InChI=1S/C23H22N4O4/c1-15(24-23(29)20-12-7-13-31-20)22-26-16-8-3-5-10-18(16)27(22)14-21(28)25-17-9-4-6-11-19(17)30-2/h3-13,15H,14H2,1-2H3,(H,24,29)(H,25,28). The van der Waals surface area contributed by atoms with Crippen molar-refractivity contribution in [1.82, 2.24) is 14.9 Å². The van der Waals surface area contributed by atoms with Crippen LogP contribution in [0, 0.1) is 0 Å². The number of aromatic nitrogens is 2. The minimum atomic E-state index is -0.455. The van der Waals surface area contributed by atoms with E-state index in [1.54, 1.807) is 35.9 Å². The first kappa shape index (κ1) is 20.2. The summed E-state index contributed by atoms with van der Waals surface area (Å²) in [5.74, 6) is 0.762. The van der Waals surface area contributed by atoms with Crippen LogP contribution in [-0.4, -0.2) is 28.5 Å². The first-order valence-corrected chi connectivity index (χ1v) is 9.79. The van der Waals surface area contributed by atoms with Gasteiger partial charge >= 0.3 is 0 Å². The number of benzene rings is 2. The maximum atomic E-state index is 12.9. The highest BCUT2D eigenvalue weighted by molar-refractivity contribution is 5.93. The number of rotatable bonds is 7. The normalized spacial score (nSPS) is 11.8. The topological polar surface area (TPSA) is 98.4 Å². The van der Waals surface area contributed by atoms with E-state index in [0.717, 1.165) is 11.0 Å². The first-order valence-electron chi connectivity index (χ1n) is 9.79. The van der Waals surface area contributed by atoms with Gasteiger partial charge in [0.25, 0.3) is 5.91 Å². The Labute approximate surface area is 178 Å². The number of hydrogen-bond donors (Lipinski definition) is 2. The number of nitrogens with one attached hydrogen (secondary N) is 2. The average molecular weight is 418 g/mol. The third kappa shape index (κ3) is 4.28. The van der Waals surface area contributed by atoms with Crippen molar-refractivity contribution in [2.24, 2.45) is 0 Å². The van der Waals surface area contributed by atoms with Gasteiger partial charge in [0.05, 0.1) is 36.1 Å². The van der Waals surface area contributed by atoms with Crippen molar-refractivity contribution < 1.29 is 18.7 Å². The van der Waals surface area contributed by atoms with Crippen molar-refractivity contribution in [1.29, 1.82) is 0 Å². The van der Waals surface area contributed by atoms with Crippen molar-refractivity contribution in [2.75, 3.05) is 12.4 Å². The largest absolute Gasteiger partial charge is 0.495 e. The summed E-state index contributed by atoms with van der Waals surface area (Å²) in [6.45, 7) is 1.84. The summed E-state index contributed by atoms with van der Waals surface area (Å²) in [7, 11) is 1.55. The van der Waals surface area contributed by atoms with Crippen LogP contribution in [-0.2, 0) is 11.3 Å². The van der Waals surface area contributed by atoms with Gasteiger partial charge < -0.3 is 24.4 Å². The minimum Gasteiger partial charge on any atom is -0.495 e. The third-order valence-electron chi connectivity index (χ3n) is 4.85. The molecule has 4 rings (SSSR count). The predicted molar refractivity (Wildman–Crippen MR) is 116 cm³/mol. The van der Waals surface area contributed by atoms with E-state index in [4.69, 9.17) is 9.15 Å². The van der Waals surface area contributed by atoms with E-state index in [2.05, 4.69) is 15.6 Å². The summed E-state index contributed by atoms with van der Waals surface area (Å²) in [4.78, 5) is 29.9. The second-order valence-corrected chi connectivity index (χ2v) is 6.97. The van der Waals surface area contributed by atoms with Crippen LogP contribution < -0.4 is 15.4 Å². The molecule has 2 N–H and O–H groups in total. The Balaban J connectivity index is 1.60. The Bertz CT molecular complexity index is 1210. The van der Waals surface area contributed by atoms with E-state index in [9.17, 15) is 9.59 Å². The molecule has 0 aliphatic carbocycles. The SMILES string of the molecule is COc1ccccc1NC(=O)Cn1c(C(C)NC(=O)c2ccco2)nc2ccccc21. The monoisotopic (exact) mass is 418 g/mol. The zero-order valence-electron chi connectivity index (χ0n) is 17.2. The number of methoxy groups -OCH3 is 1. The Morgan fingerprint density at radius 2 is 1.87 bits per heavy atom. The molecule has 0 spiro atoms. The second-order valence-electron chi connectivity index (χ2n) is 6.97. The van der Waals surface area contributed by atoms with E-state index < -0.39 is 6.04 Å². The molecule has 2 aromatic carbocycles. The number of carbonyl (C=O) groups is 2. The fourth-order valence-electron chi connectivity index (χ4n) is 3.41. The van der Waals surface area contributed by atoms with Crippen LogP contribution in [0.1, 0.15) is 29.3 Å². The van der Waals surface area contributed by atoms with Crippen LogP contribution in [0.3, 0.4) is 0 Å². The molecular formula is C23H22N4O4. The predicted octanol–water partition coefficient (Wildman–Crippen LogP) is 3.77. The number of hydrogen-bond acceptors (Lipinski definition) is 5. The lowest BCUT2D eigenvalue weighted by Crippen LogP contribution is -2.29. The number of furan rings is 1. The fraction of sp³-hybridized carbons (Fsp3) is 0.174. The van der Waals surface area contributed by atoms with Crippen LogP contribution in [0.5, 0.6) is 5.75 Å². The lowest BCUT2D eigenvalue weighted by Gasteiger charge is -2.16. The van der Waals surface area contributed by atoms with Gasteiger partial charge in [0.2, 0.25) is 5.91 Å². The van der Waals surface area contributed by atoms with Gasteiger partial charge in [0.15, 0.2) is 5.76 Å². The van der Waals surface area contributed by atoms with Crippen molar-refractivity contribution >= 4 is 28.5 Å². The summed E-state index contributed by atoms with van der Waals surface area (Å²) in [5, 5.41) is 5.75. The average Bonchev–Trinajstić information content (AvgIpc) is 3.43. The maximum absolute atomic E-state index is 12.9. The molecule has 0 bridgehead atoms. The molecule has 0 aliphatic heterocycles. The molecule has 0 aliphatic rings. The molecule has 0 saturated carbocycles. The molecule has 8 nitrogen and oxygen atoms in total. The van der Waals surface area contributed by atoms with Gasteiger partial charge in [-0.2, -0.15) is 0 Å². The van der Waals surface area contributed by atoms with E-state index >= 15 is 0 Å². The summed E-state index contributed by atoms with van der Waals surface area (Å²) in [6.07, 6.45) is 1.44. The number of carbonyl (C=O) groups excluding carboxylic acids is 2. The summed E-state index contributed by atoms with van der Waals surface area (Å²) in [5.41, 5.74) is 2.12. The lowest BCUT2D eigenvalue weighted by molar-refractivity contribution is -0.116. The number of nitrogens with zero attached hydrogens (tertiary/aromatic N) is 2. The Morgan fingerprint density at radius 1 is 1.10 bits per heavy atom. The van der Waals surface area contributed by atoms with E-state index in [0.29, 0.717) is 17.3 Å². The Hall–Kier alpha value is -4.07. The van der Waals surface area contributed by atoms with Crippen LogP contribution in [0.25, 0.3) is 11.0 Å². The number of ether oxygens (including phenoxy) is 1. The highest BCUT2D eigenvalue weighted by Gasteiger charge is 2.21. The second kappa shape index (κ2) is 8.74.